The average molecular weight is 238 g/mol. The highest BCUT2D eigenvalue weighted by molar-refractivity contribution is 5.36. The standard InChI is InChI=1S/C12H22N4O/c1-3-17-12-10-14-9-11(15-12)16(2)8-6-4-5-7-13/h9-10H,3-8,13H2,1-2H3. The molecule has 5 heteroatoms. The summed E-state index contributed by atoms with van der Waals surface area (Å²) in [7, 11) is 2.02. The van der Waals surface area contributed by atoms with Crippen LogP contribution < -0.4 is 15.4 Å². The van der Waals surface area contributed by atoms with Crippen LogP contribution in [0.5, 0.6) is 5.88 Å². The van der Waals surface area contributed by atoms with Gasteiger partial charge in [0.25, 0.3) is 0 Å². The topological polar surface area (TPSA) is 64.3 Å². The van der Waals surface area contributed by atoms with Gasteiger partial charge < -0.3 is 15.4 Å². The lowest BCUT2D eigenvalue weighted by Crippen LogP contribution is -2.20. The molecule has 0 fully saturated rings. The Kier molecular flexibility index (Phi) is 6.32. The molecule has 0 bridgehead atoms. The molecule has 0 saturated heterocycles. The third-order valence-electron chi connectivity index (χ3n) is 2.48. The van der Waals surface area contributed by atoms with Gasteiger partial charge in [0.1, 0.15) is 0 Å². The molecule has 1 aromatic heterocycles. The molecule has 2 N–H and O–H groups in total. The number of hydrogen-bond donors (Lipinski definition) is 1. The normalized spacial score (nSPS) is 10.3. The monoisotopic (exact) mass is 238 g/mol. The summed E-state index contributed by atoms with van der Waals surface area (Å²) < 4.78 is 5.32. The van der Waals surface area contributed by atoms with Gasteiger partial charge in [0.05, 0.1) is 19.0 Å². The van der Waals surface area contributed by atoms with Crippen LogP contribution in [0.25, 0.3) is 0 Å². The Balaban J connectivity index is 2.44. The molecule has 1 heterocycles. The molecule has 17 heavy (non-hydrogen) atoms. The Hall–Kier alpha value is -1.36. The van der Waals surface area contributed by atoms with Crippen molar-refractivity contribution in [3.63, 3.8) is 0 Å². The molecule has 1 rings (SSSR count). The summed E-state index contributed by atoms with van der Waals surface area (Å²) >= 11 is 0. The number of nitrogens with zero attached hydrogens (tertiary/aromatic N) is 3. The van der Waals surface area contributed by atoms with Crippen molar-refractivity contribution in [2.75, 3.05) is 31.6 Å². The summed E-state index contributed by atoms with van der Waals surface area (Å²) in [6.07, 6.45) is 6.74. The summed E-state index contributed by atoms with van der Waals surface area (Å²) in [5.74, 6) is 1.43. The Morgan fingerprint density at radius 1 is 1.29 bits per heavy atom. The molecular formula is C12H22N4O. The summed E-state index contributed by atoms with van der Waals surface area (Å²) in [5, 5.41) is 0. The molecule has 5 nitrogen and oxygen atoms in total. The van der Waals surface area contributed by atoms with Crippen molar-refractivity contribution in [1.82, 2.24) is 9.97 Å². The second-order valence-electron chi connectivity index (χ2n) is 3.92. The van der Waals surface area contributed by atoms with Gasteiger partial charge in [0, 0.05) is 13.6 Å². The van der Waals surface area contributed by atoms with E-state index in [1.807, 2.05) is 14.0 Å². The van der Waals surface area contributed by atoms with Crippen molar-refractivity contribution in [1.29, 1.82) is 0 Å². The SMILES string of the molecule is CCOc1cncc(N(C)CCCCCN)n1. The van der Waals surface area contributed by atoms with Crippen LogP contribution in [0.1, 0.15) is 26.2 Å². The van der Waals surface area contributed by atoms with Crippen molar-refractivity contribution in [3.8, 4) is 5.88 Å². The Morgan fingerprint density at radius 3 is 2.82 bits per heavy atom. The predicted molar refractivity (Wildman–Crippen MR) is 69.4 cm³/mol. The molecule has 96 valence electrons. The van der Waals surface area contributed by atoms with Gasteiger partial charge >= 0.3 is 0 Å². The van der Waals surface area contributed by atoms with Gasteiger partial charge in [-0.3, -0.25) is 4.98 Å². The number of hydrogen-bond acceptors (Lipinski definition) is 5. The van der Waals surface area contributed by atoms with Gasteiger partial charge in [-0.2, -0.15) is 4.98 Å². The summed E-state index contributed by atoms with van der Waals surface area (Å²) in [6, 6.07) is 0. The van der Waals surface area contributed by atoms with E-state index in [4.69, 9.17) is 10.5 Å². The van der Waals surface area contributed by atoms with E-state index in [1.165, 1.54) is 0 Å². The molecule has 0 aromatic carbocycles. The molecule has 0 radical (unpaired) electrons. The van der Waals surface area contributed by atoms with Crippen LogP contribution in [0.15, 0.2) is 12.4 Å². The molecule has 0 aliphatic heterocycles. The molecule has 0 unspecified atom stereocenters. The first kappa shape index (κ1) is 13.7. The number of rotatable bonds is 8. The minimum Gasteiger partial charge on any atom is -0.477 e. The Morgan fingerprint density at radius 2 is 2.12 bits per heavy atom. The molecule has 0 amide bonds. The number of anilines is 1. The zero-order chi connectivity index (χ0) is 12.5. The predicted octanol–water partition coefficient (Wildman–Crippen LogP) is 1.44. The van der Waals surface area contributed by atoms with Gasteiger partial charge in [-0.1, -0.05) is 6.42 Å². The summed E-state index contributed by atoms with van der Waals surface area (Å²) in [4.78, 5) is 10.6. The van der Waals surface area contributed by atoms with E-state index in [1.54, 1.807) is 12.4 Å². The largest absolute Gasteiger partial charge is 0.477 e. The van der Waals surface area contributed by atoms with E-state index in [-0.39, 0.29) is 0 Å². The number of aromatic nitrogens is 2. The van der Waals surface area contributed by atoms with Gasteiger partial charge in [0.2, 0.25) is 5.88 Å². The van der Waals surface area contributed by atoms with Crippen LogP contribution >= 0.6 is 0 Å². The molecular weight excluding hydrogens is 216 g/mol. The zero-order valence-corrected chi connectivity index (χ0v) is 10.7. The van der Waals surface area contributed by atoms with E-state index in [0.29, 0.717) is 12.5 Å². The van der Waals surface area contributed by atoms with Gasteiger partial charge in [-0.05, 0) is 26.3 Å². The highest BCUT2D eigenvalue weighted by Crippen LogP contribution is 2.13. The van der Waals surface area contributed by atoms with Crippen molar-refractivity contribution in [3.05, 3.63) is 12.4 Å². The number of ether oxygens (including phenoxy) is 1. The number of nitrogens with two attached hydrogens (primary N) is 1. The summed E-state index contributed by atoms with van der Waals surface area (Å²) in [6.45, 7) is 4.27. The zero-order valence-electron chi connectivity index (χ0n) is 10.7. The highest BCUT2D eigenvalue weighted by atomic mass is 16.5. The third-order valence-corrected chi connectivity index (χ3v) is 2.48. The second-order valence-corrected chi connectivity index (χ2v) is 3.92. The van der Waals surface area contributed by atoms with Crippen LogP contribution in [0.2, 0.25) is 0 Å². The summed E-state index contributed by atoms with van der Waals surface area (Å²) in [5.41, 5.74) is 5.46. The maximum Gasteiger partial charge on any atom is 0.234 e. The van der Waals surface area contributed by atoms with E-state index in [2.05, 4.69) is 14.9 Å². The number of unbranched alkanes of at least 4 members (excludes halogenated alkanes) is 2. The molecule has 1 aromatic rings. The molecule has 0 atom stereocenters. The minimum absolute atomic E-state index is 0.582. The molecule has 0 saturated carbocycles. The first-order valence-electron chi connectivity index (χ1n) is 6.14. The van der Waals surface area contributed by atoms with Gasteiger partial charge in [-0.15, -0.1) is 0 Å². The smallest absolute Gasteiger partial charge is 0.234 e. The lowest BCUT2D eigenvalue weighted by Gasteiger charge is -2.17. The second kappa shape index (κ2) is 7.84. The van der Waals surface area contributed by atoms with Crippen LogP contribution in [0.4, 0.5) is 5.82 Å². The molecule has 0 aliphatic rings. The Bertz CT molecular complexity index is 319. The minimum atomic E-state index is 0.582. The van der Waals surface area contributed by atoms with Crippen molar-refractivity contribution < 1.29 is 4.74 Å². The third kappa shape index (κ3) is 4.99. The molecule has 0 spiro atoms. The maximum atomic E-state index is 5.46. The van der Waals surface area contributed by atoms with Crippen molar-refractivity contribution in [2.45, 2.75) is 26.2 Å². The van der Waals surface area contributed by atoms with Crippen LogP contribution in [0, 0.1) is 0 Å². The van der Waals surface area contributed by atoms with E-state index in [9.17, 15) is 0 Å². The Labute approximate surface area is 103 Å². The van der Waals surface area contributed by atoms with Crippen molar-refractivity contribution in [2.24, 2.45) is 5.73 Å². The first-order valence-corrected chi connectivity index (χ1v) is 6.14. The fourth-order valence-corrected chi connectivity index (χ4v) is 1.52. The van der Waals surface area contributed by atoms with Crippen LogP contribution in [0.3, 0.4) is 0 Å². The van der Waals surface area contributed by atoms with E-state index in [0.717, 1.165) is 38.2 Å². The van der Waals surface area contributed by atoms with E-state index >= 15 is 0 Å². The van der Waals surface area contributed by atoms with E-state index < -0.39 is 0 Å². The first-order chi connectivity index (χ1) is 8.27. The van der Waals surface area contributed by atoms with Crippen LogP contribution in [-0.4, -0.2) is 36.7 Å². The highest BCUT2D eigenvalue weighted by Gasteiger charge is 2.04. The van der Waals surface area contributed by atoms with Gasteiger partial charge in [-0.25, -0.2) is 0 Å². The lowest BCUT2D eigenvalue weighted by molar-refractivity contribution is 0.325. The average Bonchev–Trinajstić information content (AvgIpc) is 2.35. The van der Waals surface area contributed by atoms with Crippen LogP contribution in [-0.2, 0) is 0 Å². The lowest BCUT2D eigenvalue weighted by atomic mass is 10.2. The fourth-order valence-electron chi connectivity index (χ4n) is 1.52. The quantitative estimate of drug-likeness (QED) is 0.694. The van der Waals surface area contributed by atoms with Gasteiger partial charge in [0.15, 0.2) is 5.82 Å². The van der Waals surface area contributed by atoms with Crippen molar-refractivity contribution >= 4 is 5.82 Å². The fraction of sp³-hybridized carbons (Fsp3) is 0.667. The maximum absolute atomic E-state index is 5.46. The molecule has 0 aliphatic carbocycles.